The molecule has 4 rings (SSSR count). The highest BCUT2D eigenvalue weighted by molar-refractivity contribution is 6.31. The predicted molar refractivity (Wildman–Crippen MR) is 132 cm³/mol. The molecule has 0 saturated heterocycles. The van der Waals surface area contributed by atoms with Crippen LogP contribution in [-0.2, 0) is 4.74 Å². The van der Waals surface area contributed by atoms with E-state index in [-0.39, 0.29) is 23.3 Å². The van der Waals surface area contributed by atoms with Gasteiger partial charge in [0, 0.05) is 30.2 Å². The van der Waals surface area contributed by atoms with Crippen molar-refractivity contribution in [1.29, 1.82) is 0 Å². The average Bonchev–Trinajstić information content (AvgIpc) is 2.86. The number of carbonyl (C=O) groups is 1. The van der Waals surface area contributed by atoms with E-state index in [4.69, 9.17) is 25.8 Å². The number of fused-ring (bicyclic) bond motifs is 1. The second-order valence-electron chi connectivity index (χ2n) is 8.35. The van der Waals surface area contributed by atoms with E-state index in [0.717, 1.165) is 31.1 Å². The van der Waals surface area contributed by atoms with Crippen molar-refractivity contribution in [2.45, 2.75) is 44.8 Å². The zero-order chi connectivity index (χ0) is 24.9. The van der Waals surface area contributed by atoms with Gasteiger partial charge in [0.2, 0.25) is 0 Å². The van der Waals surface area contributed by atoms with Crippen LogP contribution in [0.3, 0.4) is 0 Å². The number of nitrogens with zero attached hydrogens (tertiary/aromatic N) is 3. The monoisotopic (exact) mass is 502 g/mol. The van der Waals surface area contributed by atoms with E-state index >= 15 is 0 Å². The third-order valence-corrected chi connectivity index (χ3v) is 6.43. The summed E-state index contributed by atoms with van der Waals surface area (Å²) in [6, 6.07) is 8.15. The van der Waals surface area contributed by atoms with Crippen LogP contribution in [0.1, 0.15) is 32.6 Å². The van der Waals surface area contributed by atoms with Gasteiger partial charge in [-0.1, -0.05) is 11.6 Å². The van der Waals surface area contributed by atoms with E-state index in [1.807, 2.05) is 6.07 Å². The minimum Gasteiger partial charge on any atom is -0.493 e. The van der Waals surface area contributed by atoms with Gasteiger partial charge in [-0.3, -0.25) is 0 Å². The molecular weight excluding hydrogens is 475 g/mol. The zero-order valence-corrected chi connectivity index (χ0v) is 20.6. The fourth-order valence-electron chi connectivity index (χ4n) is 4.23. The molecule has 2 aromatic carbocycles. The first kappa shape index (κ1) is 24.8. The maximum atomic E-state index is 13.6. The zero-order valence-electron chi connectivity index (χ0n) is 19.9. The number of benzene rings is 2. The van der Waals surface area contributed by atoms with Crippen LogP contribution in [0, 0.1) is 5.82 Å². The first-order valence-electron chi connectivity index (χ1n) is 11.5. The molecule has 10 heteroatoms. The number of hydrogen-bond acceptors (Lipinski definition) is 7. The molecule has 0 bridgehead atoms. The largest absolute Gasteiger partial charge is 0.493 e. The number of rotatable bonds is 7. The van der Waals surface area contributed by atoms with Gasteiger partial charge in [0.15, 0.2) is 11.5 Å². The van der Waals surface area contributed by atoms with Crippen LogP contribution in [-0.4, -0.2) is 53.9 Å². The Morgan fingerprint density at radius 1 is 1.17 bits per heavy atom. The minimum absolute atomic E-state index is 0.0169. The van der Waals surface area contributed by atoms with Gasteiger partial charge < -0.3 is 24.4 Å². The number of carbonyl (C=O) groups excluding carboxylic acids is 1. The Labute approximate surface area is 208 Å². The highest BCUT2D eigenvalue weighted by Crippen LogP contribution is 2.37. The number of aromatic nitrogens is 2. The summed E-state index contributed by atoms with van der Waals surface area (Å²) in [5, 5.41) is 3.91. The highest BCUT2D eigenvalue weighted by atomic mass is 35.5. The van der Waals surface area contributed by atoms with Crippen molar-refractivity contribution in [1.82, 2.24) is 14.9 Å². The van der Waals surface area contributed by atoms with Crippen LogP contribution in [0.25, 0.3) is 10.9 Å². The Balaban J connectivity index is 1.52. The van der Waals surface area contributed by atoms with Crippen molar-refractivity contribution in [3.63, 3.8) is 0 Å². The highest BCUT2D eigenvalue weighted by Gasteiger charge is 2.28. The van der Waals surface area contributed by atoms with Gasteiger partial charge in [-0.15, -0.1) is 0 Å². The number of anilines is 2. The summed E-state index contributed by atoms with van der Waals surface area (Å²) in [4.78, 5) is 22.4. The van der Waals surface area contributed by atoms with Crippen molar-refractivity contribution in [3.05, 3.63) is 47.5 Å². The van der Waals surface area contributed by atoms with Crippen molar-refractivity contribution in [2.75, 3.05) is 26.1 Å². The van der Waals surface area contributed by atoms with E-state index in [0.29, 0.717) is 35.1 Å². The molecule has 1 aliphatic rings. The second-order valence-corrected chi connectivity index (χ2v) is 8.76. The molecular formula is C25H28ClFN4O4. The fraction of sp³-hybridized carbons (Fsp3) is 0.400. The molecule has 1 aromatic heterocycles. The molecule has 1 heterocycles. The molecule has 1 N–H and O–H groups in total. The Morgan fingerprint density at radius 3 is 2.63 bits per heavy atom. The van der Waals surface area contributed by atoms with Crippen LogP contribution in [0.2, 0.25) is 5.02 Å². The van der Waals surface area contributed by atoms with Gasteiger partial charge in [-0.05, 0) is 56.9 Å². The Kier molecular flexibility index (Phi) is 7.75. The van der Waals surface area contributed by atoms with Gasteiger partial charge in [0.05, 0.1) is 30.4 Å². The SMILES string of the molecule is CCOC(=O)N(C)[C@H]1CC[C@@H](Oc2cc3c(Nc4ccc(F)c(Cl)c4)ncnc3cc2OC)CC1. The van der Waals surface area contributed by atoms with E-state index in [2.05, 4.69) is 15.3 Å². The summed E-state index contributed by atoms with van der Waals surface area (Å²) in [5.41, 5.74) is 1.26. The van der Waals surface area contributed by atoms with E-state index in [1.165, 1.54) is 18.5 Å². The lowest BCUT2D eigenvalue weighted by atomic mass is 9.92. The Bertz CT molecular complexity index is 1200. The van der Waals surface area contributed by atoms with Crippen LogP contribution >= 0.6 is 11.6 Å². The van der Waals surface area contributed by atoms with Crippen LogP contribution in [0.5, 0.6) is 11.5 Å². The van der Waals surface area contributed by atoms with Crippen molar-refractivity contribution in [3.8, 4) is 11.5 Å². The van der Waals surface area contributed by atoms with Gasteiger partial charge in [-0.2, -0.15) is 0 Å². The molecule has 35 heavy (non-hydrogen) atoms. The summed E-state index contributed by atoms with van der Waals surface area (Å²) >= 11 is 5.92. The molecule has 0 radical (unpaired) electrons. The van der Waals surface area contributed by atoms with Gasteiger partial charge >= 0.3 is 6.09 Å². The molecule has 1 saturated carbocycles. The summed E-state index contributed by atoms with van der Waals surface area (Å²) in [6.45, 7) is 2.16. The van der Waals surface area contributed by atoms with Crippen molar-refractivity contribution >= 4 is 40.1 Å². The van der Waals surface area contributed by atoms with E-state index in [1.54, 1.807) is 38.1 Å². The maximum Gasteiger partial charge on any atom is 0.409 e. The van der Waals surface area contributed by atoms with Gasteiger partial charge in [-0.25, -0.2) is 19.2 Å². The van der Waals surface area contributed by atoms with Crippen LogP contribution in [0.4, 0.5) is 20.7 Å². The number of ether oxygens (including phenoxy) is 3. The molecule has 0 aliphatic heterocycles. The van der Waals surface area contributed by atoms with E-state index < -0.39 is 5.82 Å². The first-order valence-corrected chi connectivity index (χ1v) is 11.9. The number of hydrogen-bond donors (Lipinski definition) is 1. The first-order chi connectivity index (χ1) is 16.9. The predicted octanol–water partition coefficient (Wildman–Crippen LogP) is 5.95. The quantitative estimate of drug-likeness (QED) is 0.427. The molecule has 0 spiro atoms. The molecule has 0 unspecified atom stereocenters. The smallest absolute Gasteiger partial charge is 0.409 e. The molecule has 1 amide bonds. The molecule has 3 aromatic rings. The average molecular weight is 503 g/mol. The molecule has 8 nitrogen and oxygen atoms in total. The number of nitrogens with one attached hydrogen (secondary N) is 1. The lowest BCUT2D eigenvalue weighted by molar-refractivity contribution is 0.0718. The minimum atomic E-state index is -0.492. The number of halogens is 2. The molecule has 1 fully saturated rings. The fourth-order valence-corrected chi connectivity index (χ4v) is 4.41. The van der Waals surface area contributed by atoms with E-state index in [9.17, 15) is 9.18 Å². The normalized spacial score (nSPS) is 17.6. The number of amides is 1. The number of methoxy groups -OCH3 is 1. The standard InChI is InChI=1S/C25H28ClFN4O4/c1-4-34-25(32)31(2)16-6-8-17(9-7-16)35-23-12-18-21(13-22(23)33-3)28-14-29-24(18)30-15-5-10-20(27)19(26)11-15/h5,10-14,16-17H,4,6-9H2,1-3H3,(H,28,29,30)/t16-,17+. The third kappa shape index (κ3) is 5.67. The molecule has 186 valence electrons. The Hall–Kier alpha value is -3.33. The second kappa shape index (κ2) is 10.9. The summed E-state index contributed by atoms with van der Waals surface area (Å²) in [7, 11) is 3.36. The topological polar surface area (TPSA) is 85.8 Å². The summed E-state index contributed by atoms with van der Waals surface area (Å²) < 4.78 is 30.6. The van der Waals surface area contributed by atoms with Gasteiger partial charge in [0.1, 0.15) is 18.0 Å². The summed E-state index contributed by atoms with van der Waals surface area (Å²) in [5.74, 6) is 1.19. The summed E-state index contributed by atoms with van der Waals surface area (Å²) in [6.07, 6.45) is 4.34. The third-order valence-electron chi connectivity index (χ3n) is 6.14. The Morgan fingerprint density at radius 2 is 1.94 bits per heavy atom. The van der Waals surface area contributed by atoms with Crippen molar-refractivity contribution in [2.24, 2.45) is 0 Å². The van der Waals surface area contributed by atoms with Crippen LogP contribution < -0.4 is 14.8 Å². The van der Waals surface area contributed by atoms with Gasteiger partial charge in [0.25, 0.3) is 0 Å². The molecule has 1 aliphatic carbocycles. The molecule has 0 atom stereocenters. The maximum absolute atomic E-state index is 13.6. The van der Waals surface area contributed by atoms with Crippen molar-refractivity contribution < 1.29 is 23.4 Å². The van der Waals surface area contributed by atoms with Crippen LogP contribution in [0.15, 0.2) is 36.7 Å². The lowest BCUT2D eigenvalue weighted by Gasteiger charge is -2.34. The lowest BCUT2D eigenvalue weighted by Crippen LogP contribution is -2.41.